The number of anilines is 2. The molecule has 9 nitrogen and oxygen atoms in total. The molecule has 0 spiro atoms. The summed E-state index contributed by atoms with van der Waals surface area (Å²) in [4.78, 5) is 18.1. The van der Waals surface area contributed by atoms with Gasteiger partial charge in [-0.25, -0.2) is 18.2 Å². The number of nitrogens with zero attached hydrogens (tertiary/aromatic N) is 4. The van der Waals surface area contributed by atoms with Crippen LogP contribution in [0.25, 0.3) is 0 Å². The van der Waals surface area contributed by atoms with Gasteiger partial charge in [0.2, 0.25) is 0 Å². The van der Waals surface area contributed by atoms with E-state index in [0.29, 0.717) is 6.54 Å². The van der Waals surface area contributed by atoms with Crippen LogP contribution >= 0.6 is 0 Å². The number of hydrogen-bond acceptors (Lipinski definition) is 6. The third-order valence-electron chi connectivity index (χ3n) is 6.15. The normalized spacial score (nSPS) is 11.6. The molecular formula is C25H33N5O4S. The van der Waals surface area contributed by atoms with Gasteiger partial charge in [-0.15, -0.1) is 0 Å². The molecule has 0 aliphatic heterocycles. The van der Waals surface area contributed by atoms with Crippen LogP contribution in [0.4, 0.5) is 11.5 Å². The molecule has 3 aromatic rings. The summed E-state index contributed by atoms with van der Waals surface area (Å²) in [6, 6.07) is 7.92. The maximum Gasteiger partial charge on any atom is 0.339 e. The summed E-state index contributed by atoms with van der Waals surface area (Å²) in [5, 5.41) is 14.2. The Morgan fingerprint density at radius 1 is 1.20 bits per heavy atom. The zero-order chi connectivity index (χ0) is 25.9. The Morgan fingerprint density at radius 3 is 2.40 bits per heavy atom. The highest BCUT2D eigenvalue weighted by molar-refractivity contribution is 7.92. The number of carbonyl (C=O) groups is 1. The first-order valence-electron chi connectivity index (χ1n) is 11.5. The first-order valence-corrected chi connectivity index (χ1v) is 13.0. The summed E-state index contributed by atoms with van der Waals surface area (Å²) in [6.07, 6.45) is 2.94. The lowest BCUT2D eigenvalue weighted by molar-refractivity contribution is 0.0697. The minimum atomic E-state index is -3.89. The van der Waals surface area contributed by atoms with E-state index in [1.165, 1.54) is 30.0 Å². The number of aryl methyl sites for hydroxylation is 2. The second kappa shape index (κ2) is 10.5. The second-order valence-corrected chi connectivity index (χ2v) is 10.7. The van der Waals surface area contributed by atoms with E-state index in [9.17, 15) is 18.3 Å². The lowest BCUT2D eigenvalue weighted by Gasteiger charge is -2.20. The number of aromatic nitrogens is 3. The zero-order valence-electron chi connectivity index (χ0n) is 21.0. The highest BCUT2D eigenvalue weighted by Crippen LogP contribution is 2.24. The van der Waals surface area contributed by atoms with Crippen LogP contribution in [0.3, 0.4) is 0 Å². The minimum absolute atomic E-state index is 0.0726. The van der Waals surface area contributed by atoms with Crippen molar-refractivity contribution >= 4 is 27.5 Å². The Kier molecular flexibility index (Phi) is 7.84. The van der Waals surface area contributed by atoms with Crippen LogP contribution in [0.1, 0.15) is 59.1 Å². The molecule has 0 bridgehead atoms. The van der Waals surface area contributed by atoms with Gasteiger partial charge >= 0.3 is 5.97 Å². The van der Waals surface area contributed by atoms with Crippen LogP contribution in [-0.2, 0) is 23.5 Å². The highest BCUT2D eigenvalue weighted by Gasteiger charge is 2.20. The van der Waals surface area contributed by atoms with Crippen molar-refractivity contribution in [2.45, 2.75) is 51.3 Å². The number of nitrogens with one attached hydrogen (secondary N) is 1. The number of pyridine rings is 1. The van der Waals surface area contributed by atoms with Crippen molar-refractivity contribution in [1.29, 1.82) is 0 Å². The molecule has 0 amide bonds. The van der Waals surface area contributed by atoms with Crippen LogP contribution in [0, 0.1) is 13.8 Å². The molecule has 10 heteroatoms. The number of rotatable bonds is 10. The fraction of sp³-hybridized carbons (Fsp3) is 0.400. The third kappa shape index (κ3) is 6.00. The Morgan fingerprint density at radius 2 is 1.86 bits per heavy atom. The number of hydrogen-bond donors (Lipinski definition) is 2. The maximum atomic E-state index is 12.8. The molecule has 1 aromatic carbocycles. The lowest BCUT2D eigenvalue weighted by Crippen LogP contribution is -2.23. The SMILES string of the molecule is Cc1nn(C)c(C)c1CCCN(C)c1ncc(NS(=O)(=O)c2ccc(C(C)C)cc2)cc1C(=O)O. The Bertz CT molecular complexity index is 1310. The average Bonchev–Trinajstić information content (AvgIpc) is 3.04. The van der Waals surface area contributed by atoms with E-state index < -0.39 is 16.0 Å². The van der Waals surface area contributed by atoms with Gasteiger partial charge < -0.3 is 10.0 Å². The summed E-state index contributed by atoms with van der Waals surface area (Å²) >= 11 is 0. The zero-order valence-corrected chi connectivity index (χ0v) is 21.8. The van der Waals surface area contributed by atoms with Crippen molar-refractivity contribution in [2.24, 2.45) is 7.05 Å². The molecule has 0 aliphatic carbocycles. The summed E-state index contributed by atoms with van der Waals surface area (Å²) in [7, 11) is -0.197. The molecule has 2 aromatic heterocycles. The number of carboxylic acid groups (broad SMARTS) is 1. The predicted octanol–water partition coefficient (Wildman–Crippen LogP) is 4.12. The number of carboxylic acids is 1. The maximum absolute atomic E-state index is 12.8. The van der Waals surface area contributed by atoms with E-state index in [1.807, 2.05) is 39.4 Å². The van der Waals surface area contributed by atoms with Gasteiger partial charge in [0, 0.05) is 26.3 Å². The van der Waals surface area contributed by atoms with Gasteiger partial charge in [-0.05, 0) is 61.9 Å². The Hall–Kier alpha value is -3.40. The number of benzene rings is 1. The van der Waals surface area contributed by atoms with Gasteiger partial charge in [0.1, 0.15) is 11.4 Å². The Labute approximate surface area is 206 Å². The standard InChI is InChI=1S/C25H33N5O4S/c1-16(2)19-9-11-21(12-10-19)35(33,34)28-20-14-23(25(31)32)24(26-15-20)29(5)13-7-8-22-17(3)27-30(6)18(22)4/h9-12,14-16,28H,7-8,13H2,1-6H3,(H,31,32). The van der Waals surface area contributed by atoms with E-state index in [1.54, 1.807) is 24.1 Å². The van der Waals surface area contributed by atoms with Crippen molar-refractivity contribution in [3.63, 3.8) is 0 Å². The fourth-order valence-electron chi connectivity index (χ4n) is 4.00. The fourth-order valence-corrected chi connectivity index (χ4v) is 5.03. The molecule has 0 saturated heterocycles. The number of aromatic carboxylic acids is 1. The van der Waals surface area contributed by atoms with Crippen LogP contribution in [-0.4, -0.2) is 47.9 Å². The van der Waals surface area contributed by atoms with E-state index in [-0.39, 0.29) is 27.9 Å². The van der Waals surface area contributed by atoms with Gasteiger partial charge in [0.25, 0.3) is 10.0 Å². The van der Waals surface area contributed by atoms with Gasteiger partial charge in [-0.2, -0.15) is 5.10 Å². The minimum Gasteiger partial charge on any atom is -0.478 e. The van der Waals surface area contributed by atoms with E-state index in [4.69, 9.17) is 0 Å². The van der Waals surface area contributed by atoms with Gasteiger partial charge in [0.15, 0.2) is 0 Å². The molecule has 188 valence electrons. The molecule has 3 rings (SSSR count). The molecule has 0 saturated carbocycles. The quantitative estimate of drug-likeness (QED) is 0.431. The molecule has 35 heavy (non-hydrogen) atoms. The molecule has 0 aliphatic rings. The smallest absolute Gasteiger partial charge is 0.339 e. The Balaban J connectivity index is 1.74. The van der Waals surface area contributed by atoms with Gasteiger partial charge in [-0.3, -0.25) is 9.40 Å². The molecule has 0 unspecified atom stereocenters. The topological polar surface area (TPSA) is 117 Å². The second-order valence-electron chi connectivity index (χ2n) is 9.03. The van der Waals surface area contributed by atoms with Gasteiger partial charge in [0.05, 0.1) is 22.5 Å². The van der Waals surface area contributed by atoms with E-state index >= 15 is 0 Å². The first-order chi connectivity index (χ1) is 16.4. The largest absolute Gasteiger partial charge is 0.478 e. The van der Waals surface area contributed by atoms with E-state index in [0.717, 1.165) is 29.8 Å². The molecule has 2 N–H and O–H groups in total. The van der Waals surface area contributed by atoms with Crippen molar-refractivity contribution in [1.82, 2.24) is 14.8 Å². The van der Waals surface area contributed by atoms with Crippen LogP contribution in [0.15, 0.2) is 41.4 Å². The monoisotopic (exact) mass is 499 g/mol. The summed E-state index contributed by atoms with van der Waals surface area (Å²) in [5.74, 6) is -0.619. The molecule has 2 heterocycles. The van der Waals surface area contributed by atoms with E-state index in [2.05, 4.69) is 14.8 Å². The molecule has 0 atom stereocenters. The lowest BCUT2D eigenvalue weighted by atomic mass is 10.0. The summed E-state index contributed by atoms with van der Waals surface area (Å²) in [5.41, 5.74) is 4.35. The van der Waals surface area contributed by atoms with Crippen molar-refractivity contribution in [3.05, 3.63) is 64.6 Å². The molecule has 0 radical (unpaired) electrons. The third-order valence-corrected chi connectivity index (χ3v) is 7.54. The van der Waals surface area contributed by atoms with Crippen LogP contribution in [0.2, 0.25) is 0 Å². The van der Waals surface area contributed by atoms with Crippen molar-refractivity contribution < 1.29 is 18.3 Å². The summed E-state index contributed by atoms with van der Waals surface area (Å²) < 4.78 is 29.9. The molecule has 0 fully saturated rings. The van der Waals surface area contributed by atoms with Crippen LogP contribution in [0.5, 0.6) is 0 Å². The highest BCUT2D eigenvalue weighted by atomic mass is 32.2. The van der Waals surface area contributed by atoms with Crippen molar-refractivity contribution in [2.75, 3.05) is 23.2 Å². The predicted molar refractivity (Wildman–Crippen MR) is 137 cm³/mol. The first kappa shape index (κ1) is 26.2. The summed E-state index contributed by atoms with van der Waals surface area (Å²) in [6.45, 7) is 8.64. The van der Waals surface area contributed by atoms with Gasteiger partial charge in [-0.1, -0.05) is 26.0 Å². The van der Waals surface area contributed by atoms with Crippen LogP contribution < -0.4 is 9.62 Å². The average molecular weight is 500 g/mol. The molecular weight excluding hydrogens is 466 g/mol. The number of sulfonamides is 1. The van der Waals surface area contributed by atoms with Crippen molar-refractivity contribution in [3.8, 4) is 0 Å².